The van der Waals surface area contributed by atoms with Crippen molar-refractivity contribution in [3.8, 4) is 17.2 Å². The summed E-state index contributed by atoms with van der Waals surface area (Å²) in [4.78, 5) is 68.6. The molecule has 1 fully saturated rings. The van der Waals surface area contributed by atoms with Gasteiger partial charge in [-0.2, -0.15) is 13.2 Å². The molecule has 2 aliphatic rings. The second-order valence-corrected chi connectivity index (χ2v) is 13.7. The van der Waals surface area contributed by atoms with Crippen LogP contribution in [-0.4, -0.2) is 85.6 Å². The molecule has 1 saturated heterocycles. The lowest BCUT2D eigenvalue weighted by molar-refractivity contribution is -0.137. The van der Waals surface area contributed by atoms with Gasteiger partial charge in [-0.1, -0.05) is 24.6 Å². The molecular weight excluding hydrogens is 789 g/mol. The van der Waals surface area contributed by atoms with Gasteiger partial charge in [0.15, 0.2) is 17.2 Å². The summed E-state index contributed by atoms with van der Waals surface area (Å²) in [6.07, 6.45) is -2.26. The average Bonchev–Trinajstić information content (AvgIpc) is 3.68. The van der Waals surface area contributed by atoms with Gasteiger partial charge in [0.2, 0.25) is 24.1 Å². The fraction of sp³-hybridized carbons (Fsp3) is 0.368. The third-order valence-corrected chi connectivity index (χ3v) is 9.93. The predicted octanol–water partition coefficient (Wildman–Crippen LogP) is 3.43. The number of hydrogen-bond donors (Lipinski definition) is 4. The van der Waals surface area contributed by atoms with Crippen molar-refractivity contribution < 1.29 is 42.4 Å². The lowest BCUT2D eigenvalue weighted by Gasteiger charge is -2.37. The zero-order valence-electron chi connectivity index (χ0n) is 31.7. The number of ether oxygens (including phenoxy) is 2. The van der Waals surface area contributed by atoms with Gasteiger partial charge in [-0.05, 0) is 56.2 Å². The van der Waals surface area contributed by atoms with E-state index >= 15 is 0 Å². The summed E-state index contributed by atoms with van der Waals surface area (Å²) in [5, 5.41) is 21.9. The van der Waals surface area contributed by atoms with Crippen LogP contribution in [0.5, 0.6) is 17.2 Å². The maximum atomic E-state index is 14.4. The number of H-pyrrole nitrogens is 1. The number of allylic oxidation sites excluding steroid dienone is 1. The third-order valence-electron chi connectivity index (χ3n) is 9.62. The molecule has 0 saturated carbocycles. The van der Waals surface area contributed by atoms with Gasteiger partial charge in [0, 0.05) is 51.8 Å². The third kappa shape index (κ3) is 8.59. The van der Waals surface area contributed by atoms with Crippen molar-refractivity contribution in [3.63, 3.8) is 0 Å². The van der Waals surface area contributed by atoms with Gasteiger partial charge in [0.1, 0.15) is 18.1 Å². The van der Waals surface area contributed by atoms with E-state index in [2.05, 4.69) is 15.3 Å². The van der Waals surface area contributed by atoms with E-state index in [0.29, 0.717) is 34.5 Å². The monoisotopic (exact) mass is 828 g/mol. The van der Waals surface area contributed by atoms with Crippen molar-refractivity contribution in [2.45, 2.75) is 45.8 Å². The molecule has 0 unspecified atom stereocenters. The van der Waals surface area contributed by atoms with Gasteiger partial charge >= 0.3 is 6.18 Å². The number of alkyl halides is 3. The number of carbonyl (C=O) groups excluding carboxylic acids is 2. The van der Waals surface area contributed by atoms with Crippen LogP contribution < -0.4 is 36.4 Å². The molecule has 4 aromatic rings. The average molecular weight is 829 g/mol. The van der Waals surface area contributed by atoms with E-state index in [0.717, 1.165) is 12.1 Å². The molecule has 6 rings (SSSR count). The van der Waals surface area contributed by atoms with Crippen LogP contribution in [0.4, 0.5) is 24.5 Å². The first-order chi connectivity index (χ1) is 27.6. The van der Waals surface area contributed by atoms with Crippen LogP contribution >= 0.6 is 11.6 Å². The highest BCUT2D eigenvalue weighted by Crippen LogP contribution is 2.35. The number of rotatable bonds is 11. The SMILES string of the molecule is CC=C(N=c1n(CC(=O)Nc2ccc(C(F)(F)F)cc2Cl)c(CC)c(N2CCN(C(=O)c3nc(CCCO)[nH]c(=O)c3O)CC2)c(=O)n1C)c1ccc2c(c1)OCO2. The number of aromatic hydroxyl groups is 1. The molecule has 20 heteroatoms. The summed E-state index contributed by atoms with van der Waals surface area (Å²) < 4.78 is 53.8. The maximum Gasteiger partial charge on any atom is 0.416 e. The topological polar surface area (TPSA) is 197 Å². The number of amides is 2. The van der Waals surface area contributed by atoms with Crippen LogP contribution in [0.1, 0.15) is 53.4 Å². The van der Waals surface area contributed by atoms with Crippen molar-refractivity contribution in [1.82, 2.24) is 24.0 Å². The largest absolute Gasteiger partial charge is 0.501 e. The van der Waals surface area contributed by atoms with Crippen LogP contribution in [0.25, 0.3) is 5.70 Å². The Morgan fingerprint density at radius 3 is 2.47 bits per heavy atom. The Balaban J connectivity index is 1.37. The normalized spacial score (nSPS) is 14.6. The number of aromatic nitrogens is 4. The van der Waals surface area contributed by atoms with Crippen molar-refractivity contribution in [2.24, 2.45) is 12.0 Å². The van der Waals surface area contributed by atoms with Crippen molar-refractivity contribution in [1.29, 1.82) is 0 Å². The van der Waals surface area contributed by atoms with Crippen LogP contribution in [0, 0.1) is 0 Å². The number of fused-ring (bicyclic) bond motifs is 1. The summed E-state index contributed by atoms with van der Waals surface area (Å²) in [7, 11) is 1.49. The summed E-state index contributed by atoms with van der Waals surface area (Å²) in [5.74, 6) is -1.02. The quantitative estimate of drug-likeness (QED) is 0.174. The van der Waals surface area contributed by atoms with E-state index in [9.17, 15) is 42.6 Å². The molecule has 2 aromatic carbocycles. The maximum absolute atomic E-state index is 14.4. The molecule has 0 atom stereocenters. The number of anilines is 2. The molecule has 2 aromatic heterocycles. The number of aryl methyl sites for hydroxylation is 1. The molecule has 0 radical (unpaired) electrons. The smallest absolute Gasteiger partial charge is 0.416 e. The Hall–Kier alpha value is -6.08. The van der Waals surface area contributed by atoms with E-state index in [1.807, 2.05) is 0 Å². The van der Waals surface area contributed by atoms with E-state index < -0.39 is 52.7 Å². The van der Waals surface area contributed by atoms with Gasteiger partial charge < -0.3 is 44.4 Å². The second kappa shape index (κ2) is 17.2. The molecule has 0 spiro atoms. The van der Waals surface area contributed by atoms with Crippen LogP contribution in [-0.2, 0) is 37.4 Å². The Morgan fingerprint density at radius 2 is 1.81 bits per heavy atom. The first kappa shape index (κ1) is 41.6. The molecule has 4 heterocycles. The number of aliphatic hydroxyl groups is 1. The van der Waals surface area contributed by atoms with Crippen LogP contribution in [0.3, 0.4) is 0 Å². The summed E-state index contributed by atoms with van der Waals surface area (Å²) >= 11 is 6.17. The van der Waals surface area contributed by atoms with E-state index in [-0.39, 0.29) is 86.7 Å². The Kier molecular flexibility index (Phi) is 12.3. The van der Waals surface area contributed by atoms with Gasteiger partial charge in [0.25, 0.3) is 17.0 Å². The zero-order valence-corrected chi connectivity index (χ0v) is 32.4. The van der Waals surface area contributed by atoms with Gasteiger partial charge in [-0.25, -0.2) is 9.98 Å². The minimum atomic E-state index is -4.65. The summed E-state index contributed by atoms with van der Waals surface area (Å²) in [6, 6.07) is 7.79. The van der Waals surface area contributed by atoms with E-state index in [4.69, 9.17) is 26.1 Å². The minimum absolute atomic E-state index is 0.0508. The number of aromatic amines is 1. The summed E-state index contributed by atoms with van der Waals surface area (Å²) in [5.41, 5.74) is -1.07. The molecule has 308 valence electrons. The zero-order chi connectivity index (χ0) is 41.9. The molecule has 2 amide bonds. The highest BCUT2D eigenvalue weighted by molar-refractivity contribution is 6.33. The Labute approximate surface area is 333 Å². The first-order valence-electron chi connectivity index (χ1n) is 18.2. The Morgan fingerprint density at radius 1 is 1.09 bits per heavy atom. The standard InChI is InChI=1S/C38H40ClF3N8O8/c1-4-24(21-8-11-27-28(17-21)58-20-57-27)44-37-47(3)36(56)32(26(5-2)50(37)19-30(52)43-25-10-9-22(18-23(25)39)38(40,41)42)48-12-14-49(15-13-48)35(55)31-33(53)34(54)46-29(45-31)7-6-16-51/h4,8-11,17-18,51,53H,5-7,12-16,19-20H2,1-3H3,(H,43,52)(H,45,46,54). The highest BCUT2D eigenvalue weighted by atomic mass is 35.5. The van der Waals surface area contributed by atoms with Crippen molar-refractivity contribution in [3.05, 3.63) is 102 Å². The fourth-order valence-electron chi connectivity index (χ4n) is 6.68. The first-order valence-corrected chi connectivity index (χ1v) is 18.6. The van der Waals surface area contributed by atoms with Gasteiger partial charge in [-0.15, -0.1) is 0 Å². The molecule has 16 nitrogen and oxygen atoms in total. The van der Waals surface area contributed by atoms with Crippen LogP contribution in [0.15, 0.2) is 57.1 Å². The number of piperazine rings is 1. The molecular formula is C38H40ClF3N8O8. The lowest BCUT2D eigenvalue weighted by atomic mass is 10.1. The number of benzene rings is 2. The Bertz CT molecular complexity index is 2470. The minimum Gasteiger partial charge on any atom is -0.501 e. The number of hydrogen-bond acceptors (Lipinski definition) is 11. The van der Waals surface area contributed by atoms with Gasteiger partial charge in [-0.3, -0.25) is 23.7 Å². The molecule has 0 bridgehead atoms. The van der Waals surface area contributed by atoms with E-state index in [1.165, 1.54) is 16.5 Å². The second-order valence-electron chi connectivity index (χ2n) is 13.3. The van der Waals surface area contributed by atoms with Gasteiger partial charge in [0.05, 0.1) is 27.7 Å². The molecule has 0 aliphatic carbocycles. The number of nitrogens with zero attached hydrogens (tertiary/aromatic N) is 6. The van der Waals surface area contributed by atoms with Crippen molar-refractivity contribution >= 4 is 40.5 Å². The molecule has 58 heavy (non-hydrogen) atoms. The number of nitrogens with one attached hydrogen (secondary N) is 2. The number of halogens is 4. The highest BCUT2D eigenvalue weighted by Gasteiger charge is 2.32. The summed E-state index contributed by atoms with van der Waals surface area (Å²) in [6.45, 7) is 3.38. The lowest BCUT2D eigenvalue weighted by Crippen LogP contribution is -2.53. The molecule has 4 N–H and O–H groups in total. The molecule has 2 aliphatic heterocycles. The predicted molar refractivity (Wildman–Crippen MR) is 206 cm³/mol. The van der Waals surface area contributed by atoms with Crippen molar-refractivity contribution in [2.75, 3.05) is 49.8 Å². The van der Waals surface area contributed by atoms with Crippen LogP contribution in [0.2, 0.25) is 5.02 Å². The number of carbonyl (C=O) groups is 2. The van der Waals surface area contributed by atoms with E-state index in [1.54, 1.807) is 47.6 Å². The number of aliphatic hydroxyl groups excluding tert-OH is 1. The fourth-order valence-corrected chi connectivity index (χ4v) is 6.90.